The van der Waals surface area contributed by atoms with Crippen LogP contribution in [0, 0.1) is 0 Å². The van der Waals surface area contributed by atoms with Gasteiger partial charge in [0, 0.05) is 20.0 Å². The van der Waals surface area contributed by atoms with Crippen molar-refractivity contribution >= 4 is 11.9 Å². The molecule has 0 fully saturated rings. The number of carboxylic acids is 1. The molecule has 0 spiro atoms. The summed E-state index contributed by atoms with van der Waals surface area (Å²) in [6.45, 7) is 4.23. The fourth-order valence-electron chi connectivity index (χ4n) is 2.00. The van der Waals surface area contributed by atoms with Gasteiger partial charge >= 0.3 is 5.97 Å². The number of carboxylic acid groups (broad SMARTS) is 1. The van der Waals surface area contributed by atoms with Crippen LogP contribution in [-0.4, -0.2) is 35.5 Å². The first kappa shape index (κ1) is 15.2. The van der Waals surface area contributed by atoms with Crippen molar-refractivity contribution in [3.8, 4) is 0 Å². The van der Waals surface area contributed by atoms with Crippen molar-refractivity contribution in [2.75, 3.05) is 13.6 Å². The van der Waals surface area contributed by atoms with Crippen LogP contribution in [0.3, 0.4) is 0 Å². The van der Waals surface area contributed by atoms with Gasteiger partial charge in [-0.25, -0.2) is 0 Å². The zero-order valence-corrected chi connectivity index (χ0v) is 11.7. The van der Waals surface area contributed by atoms with Crippen LogP contribution in [-0.2, 0) is 15.0 Å². The maximum Gasteiger partial charge on any atom is 0.314 e. The number of rotatable bonds is 6. The third-order valence-corrected chi connectivity index (χ3v) is 3.37. The van der Waals surface area contributed by atoms with E-state index >= 15 is 0 Å². The Kier molecular flexibility index (Phi) is 5.10. The molecule has 1 aromatic carbocycles. The fraction of sp³-hybridized carbons (Fsp3) is 0.467. The minimum atomic E-state index is -1.18. The summed E-state index contributed by atoms with van der Waals surface area (Å²) in [6, 6.07) is 8.91. The van der Waals surface area contributed by atoms with E-state index in [9.17, 15) is 14.7 Å². The molecule has 1 aromatic rings. The molecule has 19 heavy (non-hydrogen) atoms. The van der Waals surface area contributed by atoms with Gasteiger partial charge in [0.2, 0.25) is 5.91 Å². The van der Waals surface area contributed by atoms with Gasteiger partial charge in [-0.2, -0.15) is 0 Å². The molecule has 0 heterocycles. The van der Waals surface area contributed by atoms with E-state index < -0.39 is 11.4 Å². The van der Waals surface area contributed by atoms with Gasteiger partial charge in [0.15, 0.2) is 0 Å². The van der Waals surface area contributed by atoms with Gasteiger partial charge in [-0.1, -0.05) is 37.3 Å². The normalized spacial score (nSPS) is 13.6. The molecule has 4 heteroatoms. The van der Waals surface area contributed by atoms with Crippen LogP contribution >= 0.6 is 0 Å². The van der Waals surface area contributed by atoms with Crippen LogP contribution in [0.1, 0.15) is 32.3 Å². The van der Waals surface area contributed by atoms with Crippen molar-refractivity contribution in [1.82, 2.24) is 4.90 Å². The van der Waals surface area contributed by atoms with Crippen LogP contribution in [0.25, 0.3) is 0 Å². The Morgan fingerprint density at radius 3 is 2.32 bits per heavy atom. The lowest BCUT2D eigenvalue weighted by Gasteiger charge is -2.27. The molecule has 0 aliphatic carbocycles. The van der Waals surface area contributed by atoms with Gasteiger partial charge in [0.25, 0.3) is 0 Å². The highest BCUT2D eigenvalue weighted by atomic mass is 16.4. The average molecular weight is 263 g/mol. The Morgan fingerprint density at radius 2 is 1.84 bits per heavy atom. The highest BCUT2D eigenvalue weighted by molar-refractivity contribution is 5.89. The summed E-state index contributed by atoms with van der Waals surface area (Å²) < 4.78 is 0. The molecule has 0 aliphatic heterocycles. The van der Waals surface area contributed by atoms with Crippen molar-refractivity contribution in [2.24, 2.45) is 0 Å². The van der Waals surface area contributed by atoms with E-state index in [4.69, 9.17) is 0 Å². The summed E-state index contributed by atoms with van der Waals surface area (Å²) in [6.07, 6.45) is 0.834. The lowest BCUT2D eigenvalue weighted by atomic mass is 9.79. The molecule has 0 aromatic heterocycles. The monoisotopic (exact) mass is 263 g/mol. The van der Waals surface area contributed by atoms with E-state index in [1.54, 1.807) is 43.1 Å². The molecule has 1 N–H and O–H groups in total. The van der Waals surface area contributed by atoms with Gasteiger partial charge in [0.05, 0.1) is 5.41 Å². The van der Waals surface area contributed by atoms with E-state index in [1.165, 1.54) is 0 Å². The molecule has 4 nitrogen and oxygen atoms in total. The molecule has 1 atom stereocenters. The maximum absolute atomic E-state index is 12.1. The molecular formula is C15H21NO3. The third kappa shape index (κ3) is 3.56. The van der Waals surface area contributed by atoms with Crippen LogP contribution in [0.2, 0.25) is 0 Å². The first-order valence-corrected chi connectivity index (χ1v) is 6.44. The van der Waals surface area contributed by atoms with Gasteiger partial charge in [0.1, 0.15) is 0 Å². The molecule has 0 saturated carbocycles. The number of carbonyl (C=O) groups excluding carboxylic acids is 1. The summed E-state index contributed by atoms with van der Waals surface area (Å²) in [5.41, 5.74) is -0.527. The smallest absolute Gasteiger partial charge is 0.314 e. The summed E-state index contributed by atoms with van der Waals surface area (Å²) in [7, 11) is 1.71. The van der Waals surface area contributed by atoms with E-state index in [1.807, 2.05) is 13.0 Å². The fourth-order valence-corrected chi connectivity index (χ4v) is 2.00. The third-order valence-electron chi connectivity index (χ3n) is 3.37. The predicted octanol–water partition coefficient (Wildman–Crippen LogP) is 2.29. The van der Waals surface area contributed by atoms with Crippen molar-refractivity contribution in [2.45, 2.75) is 32.1 Å². The molecule has 0 aliphatic rings. The van der Waals surface area contributed by atoms with Crippen molar-refractivity contribution in [3.05, 3.63) is 35.9 Å². The number of nitrogens with zero attached hydrogens (tertiary/aromatic N) is 1. The molecule has 0 saturated heterocycles. The minimum absolute atomic E-state index is 0.0250. The van der Waals surface area contributed by atoms with Gasteiger partial charge < -0.3 is 10.0 Å². The molecular weight excluding hydrogens is 242 g/mol. The number of hydrogen-bond acceptors (Lipinski definition) is 2. The zero-order valence-electron chi connectivity index (χ0n) is 11.7. The summed E-state index contributed by atoms with van der Waals surface area (Å²) in [4.78, 5) is 25.2. The minimum Gasteiger partial charge on any atom is -0.481 e. The molecule has 1 unspecified atom stereocenters. The number of amides is 1. The van der Waals surface area contributed by atoms with Gasteiger partial charge in [-0.3, -0.25) is 9.59 Å². The van der Waals surface area contributed by atoms with E-state index in [0.29, 0.717) is 12.1 Å². The van der Waals surface area contributed by atoms with E-state index in [-0.39, 0.29) is 12.3 Å². The first-order chi connectivity index (χ1) is 8.91. The molecule has 0 radical (unpaired) electrons. The van der Waals surface area contributed by atoms with Crippen LogP contribution < -0.4 is 0 Å². The second-order valence-corrected chi connectivity index (χ2v) is 5.00. The summed E-state index contributed by atoms with van der Waals surface area (Å²) >= 11 is 0. The Hall–Kier alpha value is -1.84. The first-order valence-electron chi connectivity index (χ1n) is 6.44. The quantitative estimate of drug-likeness (QED) is 0.856. The lowest BCUT2D eigenvalue weighted by molar-refractivity contribution is -0.147. The van der Waals surface area contributed by atoms with Crippen LogP contribution in [0.15, 0.2) is 30.3 Å². The van der Waals surface area contributed by atoms with Crippen molar-refractivity contribution < 1.29 is 14.7 Å². The summed E-state index contributed by atoms with van der Waals surface area (Å²) in [5, 5.41) is 9.48. The number of benzene rings is 1. The number of hydrogen-bond donors (Lipinski definition) is 1. The maximum atomic E-state index is 12.1. The highest BCUT2D eigenvalue weighted by Gasteiger charge is 2.38. The Morgan fingerprint density at radius 1 is 1.26 bits per heavy atom. The second kappa shape index (κ2) is 6.36. The van der Waals surface area contributed by atoms with Crippen LogP contribution in [0.5, 0.6) is 0 Å². The van der Waals surface area contributed by atoms with Gasteiger partial charge in [-0.15, -0.1) is 0 Å². The Balaban J connectivity index is 2.96. The zero-order chi connectivity index (χ0) is 14.5. The number of aliphatic carboxylic acids is 1. The molecule has 0 bridgehead atoms. The Bertz CT molecular complexity index is 444. The Labute approximate surface area is 114 Å². The highest BCUT2D eigenvalue weighted by Crippen LogP contribution is 2.28. The van der Waals surface area contributed by atoms with E-state index in [0.717, 1.165) is 6.42 Å². The predicted molar refractivity (Wildman–Crippen MR) is 74.0 cm³/mol. The van der Waals surface area contributed by atoms with Crippen LogP contribution in [0.4, 0.5) is 0 Å². The molecule has 1 rings (SSSR count). The SMILES string of the molecule is CCCN(C)C(=O)CC(C)(C(=O)O)c1ccccc1. The van der Waals surface area contributed by atoms with Gasteiger partial charge in [-0.05, 0) is 18.9 Å². The number of carbonyl (C=O) groups is 2. The van der Waals surface area contributed by atoms with Crippen molar-refractivity contribution in [1.29, 1.82) is 0 Å². The molecule has 1 amide bonds. The molecule has 104 valence electrons. The summed E-state index contributed by atoms with van der Waals surface area (Å²) in [5.74, 6) is -1.12. The second-order valence-electron chi connectivity index (χ2n) is 5.00. The average Bonchev–Trinajstić information content (AvgIpc) is 2.39. The van der Waals surface area contributed by atoms with E-state index in [2.05, 4.69) is 0 Å². The largest absolute Gasteiger partial charge is 0.481 e. The standard InChI is InChI=1S/C15H21NO3/c1-4-10-16(3)13(17)11-15(2,14(18)19)12-8-6-5-7-9-12/h5-9H,4,10-11H2,1-3H3,(H,18,19). The van der Waals surface area contributed by atoms with Crippen molar-refractivity contribution in [3.63, 3.8) is 0 Å². The topological polar surface area (TPSA) is 57.6 Å². The lowest BCUT2D eigenvalue weighted by Crippen LogP contribution is -2.39.